The second-order valence-corrected chi connectivity index (χ2v) is 7.45. The number of thioether (sulfide) groups is 1. The number of halogens is 1. The van der Waals surface area contributed by atoms with Gasteiger partial charge in [-0.2, -0.15) is 5.10 Å². The highest BCUT2D eigenvalue weighted by Crippen LogP contribution is 2.23. The molecule has 0 aromatic heterocycles. The molecule has 28 heavy (non-hydrogen) atoms. The maximum Gasteiger partial charge on any atom is 0.240 e. The van der Waals surface area contributed by atoms with Crippen LogP contribution in [0, 0.1) is 12.7 Å². The molecule has 0 radical (unpaired) electrons. The van der Waals surface area contributed by atoms with E-state index in [1.165, 1.54) is 12.1 Å². The van der Waals surface area contributed by atoms with Crippen LogP contribution < -0.4 is 10.6 Å². The molecular formula is C20H19FN4O2S. The fourth-order valence-electron chi connectivity index (χ4n) is 2.54. The van der Waals surface area contributed by atoms with Crippen molar-refractivity contribution in [2.24, 2.45) is 10.2 Å². The molecule has 2 aromatic carbocycles. The van der Waals surface area contributed by atoms with E-state index in [2.05, 4.69) is 20.8 Å². The molecule has 1 unspecified atom stereocenters. The maximum atomic E-state index is 13.0. The molecule has 6 nitrogen and oxygen atoms in total. The van der Waals surface area contributed by atoms with E-state index in [4.69, 9.17) is 0 Å². The van der Waals surface area contributed by atoms with Gasteiger partial charge in [0.1, 0.15) is 11.1 Å². The lowest BCUT2D eigenvalue weighted by atomic mass is 10.1. The fourth-order valence-corrected chi connectivity index (χ4v) is 3.46. The van der Waals surface area contributed by atoms with Crippen LogP contribution in [0.5, 0.6) is 0 Å². The predicted octanol–water partition coefficient (Wildman–Crippen LogP) is 3.47. The maximum absolute atomic E-state index is 13.0. The SMILES string of the molecule is C/C(=N/N=C1\NC(=O)C(CC(=O)Nc2ccccc2C)S1)c1ccc(F)cc1. The molecule has 1 saturated heterocycles. The van der Waals surface area contributed by atoms with Crippen LogP contribution >= 0.6 is 11.8 Å². The normalized spacial score (nSPS) is 18.2. The van der Waals surface area contributed by atoms with Gasteiger partial charge in [0.15, 0.2) is 5.17 Å². The highest BCUT2D eigenvalue weighted by Gasteiger charge is 2.32. The van der Waals surface area contributed by atoms with Gasteiger partial charge in [-0.05, 0) is 43.2 Å². The van der Waals surface area contributed by atoms with E-state index >= 15 is 0 Å². The molecule has 8 heteroatoms. The summed E-state index contributed by atoms with van der Waals surface area (Å²) in [5.41, 5.74) is 2.99. The monoisotopic (exact) mass is 398 g/mol. The zero-order chi connectivity index (χ0) is 20.1. The molecule has 1 atom stereocenters. The number of hydrogen-bond acceptors (Lipinski definition) is 5. The lowest BCUT2D eigenvalue weighted by Crippen LogP contribution is -2.28. The summed E-state index contributed by atoms with van der Waals surface area (Å²) in [5.74, 6) is -0.846. The first-order valence-corrected chi connectivity index (χ1v) is 9.51. The van der Waals surface area contributed by atoms with Crippen molar-refractivity contribution in [3.8, 4) is 0 Å². The van der Waals surface area contributed by atoms with Gasteiger partial charge < -0.3 is 10.6 Å². The van der Waals surface area contributed by atoms with Crippen LogP contribution in [0.1, 0.15) is 24.5 Å². The smallest absolute Gasteiger partial charge is 0.240 e. The van der Waals surface area contributed by atoms with Crippen molar-refractivity contribution in [1.29, 1.82) is 0 Å². The number of rotatable bonds is 5. The van der Waals surface area contributed by atoms with E-state index in [0.29, 0.717) is 10.9 Å². The summed E-state index contributed by atoms with van der Waals surface area (Å²) in [6.45, 7) is 3.64. The highest BCUT2D eigenvalue weighted by atomic mass is 32.2. The van der Waals surface area contributed by atoms with Crippen LogP contribution in [0.2, 0.25) is 0 Å². The Bertz CT molecular complexity index is 957. The van der Waals surface area contributed by atoms with Crippen molar-refractivity contribution < 1.29 is 14.0 Å². The minimum Gasteiger partial charge on any atom is -0.326 e. The third-order valence-corrected chi connectivity index (χ3v) is 5.19. The molecule has 3 rings (SSSR count). The molecule has 0 bridgehead atoms. The number of anilines is 1. The standard InChI is InChI=1S/C20H19FN4O2S/c1-12-5-3-4-6-16(12)22-18(26)11-17-19(27)23-20(28-17)25-24-13(2)14-7-9-15(21)10-8-14/h3-10,17H,11H2,1-2H3,(H,22,26)(H,23,25,27)/b24-13-. The summed E-state index contributed by atoms with van der Waals surface area (Å²) in [7, 11) is 0. The molecule has 0 saturated carbocycles. The van der Waals surface area contributed by atoms with Crippen LogP contribution in [-0.4, -0.2) is 27.9 Å². The van der Waals surface area contributed by atoms with Gasteiger partial charge >= 0.3 is 0 Å². The molecule has 2 aromatic rings. The molecule has 1 fully saturated rings. The van der Waals surface area contributed by atoms with Crippen molar-refractivity contribution in [1.82, 2.24) is 5.32 Å². The largest absolute Gasteiger partial charge is 0.326 e. The Kier molecular flexibility index (Phi) is 6.20. The summed E-state index contributed by atoms with van der Waals surface area (Å²) < 4.78 is 13.0. The highest BCUT2D eigenvalue weighted by molar-refractivity contribution is 8.15. The Morgan fingerprint density at radius 2 is 1.93 bits per heavy atom. The summed E-state index contributed by atoms with van der Waals surface area (Å²) in [6, 6.07) is 13.3. The number of amidine groups is 1. The van der Waals surface area contributed by atoms with Crippen molar-refractivity contribution in [3.05, 3.63) is 65.5 Å². The number of hydrogen-bond donors (Lipinski definition) is 2. The Labute approximate surface area is 166 Å². The van der Waals surface area contributed by atoms with Crippen LogP contribution in [0.25, 0.3) is 0 Å². The van der Waals surface area contributed by atoms with Crippen molar-refractivity contribution in [2.75, 3.05) is 5.32 Å². The third kappa shape index (κ3) is 5.04. The van der Waals surface area contributed by atoms with E-state index in [0.717, 1.165) is 28.6 Å². The van der Waals surface area contributed by atoms with E-state index < -0.39 is 5.25 Å². The van der Waals surface area contributed by atoms with Gasteiger partial charge in [-0.25, -0.2) is 4.39 Å². The van der Waals surface area contributed by atoms with Gasteiger partial charge in [-0.15, -0.1) is 5.10 Å². The molecule has 2 N–H and O–H groups in total. The summed E-state index contributed by atoms with van der Waals surface area (Å²) >= 11 is 1.16. The zero-order valence-corrected chi connectivity index (χ0v) is 16.2. The number of aryl methyl sites for hydroxylation is 1. The molecular weight excluding hydrogens is 379 g/mol. The minimum absolute atomic E-state index is 0.0323. The van der Waals surface area contributed by atoms with Gasteiger partial charge in [0.25, 0.3) is 0 Å². The lowest BCUT2D eigenvalue weighted by molar-refractivity contribution is -0.122. The van der Waals surface area contributed by atoms with Gasteiger partial charge in [-0.1, -0.05) is 42.1 Å². The number of carbonyl (C=O) groups excluding carboxylic acids is 2. The van der Waals surface area contributed by atoms with Gasteiger partial charge in [0.2, 0.25) is 11.8 Å². The van der Waals surface area contributed by atoms with Crippen LogP contribution in [0.15, 0.2) is 58.7 Å². The molecule has 2 amide bonds. The fraction of sp³-hybridized carbons (Fsp3) is 0.200. The Morgan fingerprint density at radius 1 is 1.21 bits per heavy atom. The van der Waals surface area contributed by atoms with E-state index in [1.54, 1.807) is 19.1 Å². The number of nitrogens with one attached hydrogen (secondary N) is 2. The van der Waals surface area contributed by atoms with Crippen molar-refractivity contribution in [2.45, 2.75) is 25.5 Å². The first-order valence-electron chi connectivity index (χ1n) is 8.63. The van der Waals surface area contributed by atoms with Crippen LogP contribution in [-0.2, 0) is 9.59 Å². The van der Waals surface area contributed by atoms with Gasteiger partial charge in [-0.3, -0.25) is 9.59 Å². The van der Waals surface area contributed by atoms with E-state index in [1.807, 2.05) is 31.2 Å². The molecule has 1 aliphatic rings. The van der Waals surface area contributed by atoms with Gasteiger partial charge in [0, 0.05) is 12.1 Å². The van der Waals surface area contributed by atoms with Crippen molar-refractivity contribution in [3.63, 3.8) is 0 Å². The molecule has 0 spiro atoms. The number of para-hydroxylation sites is 1. The predicted molar refractivity (Wildman–Crippen MR) is 110 cm³/mol. The first-order chi connectivity index (χ1) is 13.4. The third-order valence-electron chi connectivity index (χ3n) is 4.12. The number of amides is 2. The first kappa shape index (κ1) is 19.8. The second-order valence-electron chi connectivity index (χ2n) is 6.26. The summed E-state index contributed by atoms with van der Waals surface area (Å²) in [6.07, 6.45) is 0.0323. The summed E-state index contributed by atoms with van der Waals surface area (Å²) in [4.78, 5) is 24.4. The zero-order valence-electron chi connectivity index (χ0n) is 15.4. The molecule has 1 heterocycles. The lowest BCUT2D eigenvalue weighted by Gasteiger charge is -2.09. The molecule has 0 aliphatic carbocycles. The Morgan fingerprint density at radius 3 is 2.64 bits per heavy atom. The average molecular weight is 398 g/mol. The topological polar surface area (TPSA) is 82.9 Å². The average Bonchev–Trinajstić information content (AvgIpc) is 3.01. The van der Waals surface area contributed by atoms with E-state index in [9.17, 15) is 14.0 Å². The van der Waals surface area contributed by atoms with Crippen molar-refractivity contribution >= 4 is 40.1 Å². The van der Waals surface area contributed by atoms with Crippen LogP contribution in [0.3, 0.4) is 0 Å². The summed E-state index contributed by atoms with van der Waals surface area (Å²) in [5, 5.41) is 13.3. The molecule has 144 valence electrons. The number of benzene rings is 2. The van der Waals surface area contributed by atoms with Crippen LogP contribution in [0.4, 0.5) is 10.1 Å². The van der Waals surface area contributed by atoms with E-state index in [-0.39, 0.29) is 24.1 Å². The number of nitrogens with zero attached hydrogens (tertiary/aromatic N) is 2. The quantitative estimate of drug-likeness (QED) is 0.598. The molecule has 1 aliphatic heterocycles. The number of carbonyl (C=O) groups is 2. The second kappa shape index (κ2) is 8.79. The Hall–Kier alpha value is -3.00. The minimum atomic E-state index is -0.566. The Balaban J connectivity index is 1.60. The van der Waals surface area contributed by atoms with Gasteiger partial charge in [0.05, 0.1) is 5.71 Å².